The SMILES string of the molecule is CCc1ccc2nccc(Nc3ccc(OC)c(OC)c3)c2c1. The third kappa shape index (κ3) is 3.06. The fourth-order valence-corrected chi connectivity index (χ4v) is 2.59. The van der Waals surface area contributed by atoms with E-state index in [1.807, 2.05) is 30.5 Å². The second-order valence-corrected chi connectivity index (χ2v) is 5.26. The number of hydrogen-bond donors (Lipinski definition) is 1. The molecule has 4 heteroatoms. The number of hydrogen-bond acceptors (Lipinski definition) is 4. The van der Waals surface area contributed by atoms with Gasteiger partial charge in [-0.1, -0.05) is 13.0 Å². The third-order valence-electron chi connectivity index (χ3n) is 3.88. The zero-order valence-corrected chi connectivity index (χ0v) is 13.6. The normalized spacial score (nSPS) is 10.6. The first-order valence-corrected chi connectivity index (χ1v) is 7.62. The number of pyridine rings is 1. The van der Waals surface area contributed by atoms with Crippen molar-refractivity contribution in [1.29, 1.82) is 0 Å². The monoisotopic (exact) mass is 308 g/mol. The molecule has 0 atom stereocenters. The van der Waals surface area contributed by atoms with Gasteiger partial charge in [-0.15, -0.1) is 0 Å². The lowest BCUT2D eigenvalue weighted by Crippen LogP contribution is -1.96. The van der Waals surface area contributed by atoms with E-state index >= 15 is 0 Å². The van der Waals surface area contributed by atoms with E-state index in [0.29, 0.717) is 11.5 Å². The molecule has 0 aliphatic rings. The number of ether oxygens (including phenoxy) is 2. The Balaban J connectivity index is 2.01. The van der Waals surface area contributed by atoms with E-state index in [1.165, 1.54) is 5.56 Å². The highest BCUT2D eigenvalue weighted by Crippen LogP contribution is 2.32. The Hall–Kier alpha value is -2.75. The molecule has 3 rings (SSSR count). The summed E-state index contributed by atoms with van der Waals surface area (Å²) in [7, 11) is 3.27. The van der Waals surface area contributed by atoms with Gasteiger partial charge >= 0.3 is 0 Å². The molecule has 0 unspecified atom stereocenters. The number of fused-ring (bicyclic) bond motifs is 1. The van der Waals surface area contributed by atoms with Crippen LogP contribution in [0.2, 0.25) is 0 Å². The molecule has 0 bridgehead atoms. The van der Waals surface area contributed by atoms with Crippen molar-refractivity contribution >= 4 is 22.3 Å². The second-order valence-electron chi connectivity index (χ2n) is 5.26. The van der Waals surface area contributed by atoms with Crippen molar-refractivity contribution in [3.8, 4) is 11.5 Å². The Labute approximate surface area is 136 Å². The number of anilines is 2. The molecule has 1 N–H and O–H groups in total. The summed E-state index contributed by atoms with van der Waals surface area (Å²) in [4.78, 5) is 4.44. The summed E-state index contributed by atoms with van der Waals surface area (Å²) in [5.74, 6) is 1.41. The van der Waals surface area contributed by atoms with Crippen LogP contribution in [-0.4, -0.2) is 19.2 Å². The maximum absolute atomic E-state index is 5.36. The van der Waals surface area contributed by atoms with Gasteiger partial charge in [0.25, 0.3) is 0 Å². The Morgan fingerprint density at radius 2 is 1.78 bits per heavy atom. The predicted molar refractivity (Wildman–Crippen MR) is 93.9 cm³/mol. The molecule has 0 spiro atoms. The molecule has 0 aliphatic heterocycles. The smallest absolute Gasteiger partial charge is 0.162 e. The van der Waals surface area contributed by atoms with Crippen molar-refractivity contribution in [2.75, 3.05) is 19.5 Å². The molecule has 1 heterocycles. The minimum absolute atomic E-state index is 0.699. The molecule has 0 saturated carbocycles. The van der Waals surface area contributed by atoms with Gasteiger partial charge in [0, 0.05) is 29.0 Å². The Bertz CT molecular complexity index is 831. The van der Waals surface area contributed by atoms with Crippen molar-refractivity contribution < 1.29 is 9.47 Å². The summed E-state index contributed by atoms with van der Waals surface area (Å²) in [5.41, 5.74) is 4.24. The Morgan fingerprint density at radius 1 is 0.957 bits per heavy atom. The van der Waals surface area contributed by atoms with E-state index in [4.69, 9.17) is 9.47 Å². The van der Waals surface area contributed by atoms with Crippen molar-refractivity contribution in [2.45, 2.75) is 13.3 Å². The standard InChI is InChI=1S/C19H20N2O2/c1-4-13-5-7-16-15(11-13)17(9-10-20-16)21-14-6-8-18(22-2)19(12-14)23-3/h5-12H,4H2,1-3H3,(H,20,21). The first-order chi connectivity index (χ1) is 11.2. The number of nitrogens with one attached hydrogen (secondary N) is 1. The van der Waals surface area contributed by atoms with Gasteiger partial charge in [-0.2, -0.15) is 0 Å². The lowest BCUT2D eigenvalue weighted by atomic mass is 10.1. The van der Waals surface area contributed by atoms with Gasteiger partial charge in [-0.05, 0) is 42.3 Å². The number of aryl methyl sites for hydroxylation is 1. The fourth-order valence-electron chi connectivity index (χ4n) is 2.59. The lowest BCUT2D eigenvalue weighted by molar-refractivity contribution is 0.355. The predicted octanol–water partition coefficient (Wildman–Crippen LogP) is 4.56. The summed E-state index contributed by atoms with van der Waals surface area (Å²) < 4.78 is 10.6. The number of nitrogens with zero attached hydrogens (tertiary/aromatic N) is 1. The van der Waals surface area contributed by atoms with Crippen LogP contribution in [0.5, 0.6) is 11.5 Å². The largest absolute Gasteiger partial charge is 0.493 e. The number of benzene rings is 2. The van der Waals surface area contributed by atoms with Crippen molar-refractivity contribution in [1.82, 2.24) is 4.98 Å². The quantitative estimate of drug-likeness (QED) is 0.750. The molecule has 2 aromatic carbocycles. The van der Waals surface area contributed by atoms with Gasteiger partial charge in [-0.25, -0.2) is 0 Å². The van der Waals surface area contributed by atoms with Crippen LogP contribution in [0.25, 0.3) is 10.9 Å². The lowest BCUT2D eigenvalue weighted by Gasteiger charge is -2.13. The van der Waals surface area contributed by atoms with Crippen molar-refractivity contribution in [2.24, 2.45) is 0 Å². The zero-order valence-electron chi connectivity index (χ0n) is 13.6. The van der Waals surface area contributed by atoms with Gasteiger partial charge in [0.05, 0.1) is 19.7 Å². The molecule has 23 heavy (non-hydrogen) atoms. The first-order valence-electron chi connectivity index (χ1n) is 7.62. The summed E-state index contributed by atoms with van der Waals surface area (Å²) in [6.07, 6.45) is 2.82. The van der Waals surface area contributed by atoms with Crippen molar-refractivity contribution in [3.63, 3.8) is 0 Å². The maximum Gasteiger partial charge on any atom is 0.162 e. The summed E-state index contributed by atoms with van der Waals surface area (Å²) in [6.45, 7) is 2.15. The minimum atomic E-state index is 0.699. The van der Waals surface area contributed by atoms with Crippen LogP contribution in [0.3, 0.4) is 0 Å². The maximum atomic E-state index is 5.36. The molecular weight excluding hydrogens is 288 g/mol. The molecule has 4 nitrogen and oxygen atoms in total. The molecule has 0 amide bonds. The van der Waals surface area contributed by atoms with E-state index in [0.717, 1.165) is 28.7 Å². The highest BCUT2D eigenvalue weighted by atomic mass is 16.5. The first kappa shape index (κ1) is 15.2. The van der Waals surface area contributed by atoms with E-state index < -0.39 is 0 Å². The molecule has 0 saturated heterocycles. The van der Waals surface area contributed by atoms with Crippen LogP contribution in [0, 0.1) is 0 Å². The average Bonchev–Trinajstić information content (AvgIpc) is 2.61. The summed E-state index contributed by atoms with van der Waals surface area (Å²) in [5, 5.41) is 4.56. The molecule has 1 aromatic heterocycles. The van der Waals surface area contributed by atoms with Crippen LogP contribution in [-0.2, 0) is 6.42 Å². The summed E-state index contributed by atoms with van der Waals surface area (Å²) in [6, 6.07) is 14.1. The zero-order chi connectivity index (χ0) is 16.2. The second kappa shape index (κ2) is 6.57. The number of rotatable bonds is 5. The van der Waals surface area contributed by atoms with Crippen LogP contribution in [0.15, 0.2) is 48.7 Å². The molecule has 0 radical (unpaired) electrons. The van der Waals surface area contributed by atoms with E-state index in [2.05, 4.69) is 35.4 Å². The average molecular weight is 308 g/mol. The van der Waals surface area contributed by atoms with Crippen LogP contribution in [0.4, 0.5) is 11.4 Å². The highest BCUT2D eigenvalue weighted by molar-refractivity contribution is 5.93. The van der Waals surface area contributed by atoms with E-state index in [1.54, 1.807) is 14.2 Å². The molecular formula is C19H20N2O2. The van der Waals surface area contributed by atoms with Crippen LogP contribution >= 0.6 is 0 Å². The van der Waals surface area contributed by atoms with Gasteiger partial charge in [-0.3, -0.25) is 4.98 Å². The highest BCUT2D eigenvalue weighted by Gasteiger charge is 2.07. The Kier molecular flexibility index (Phi) is 4.33. The molecule has 118 valence electrons. The number of aromatic nitrogens is 1. The molecule has 3 aromatic rings. The third-order valence-corrected chi connectivity index (χ3v) is 3.88. The summed E-state index contributed by atoms with van der Waals surface area (Å²) >= 11 is 0. The molecule has 0 aliphatic carbocycles. The molecule has 0 fully saturated rings. The van der Waals surface area contributed by atoms with Gasteiger partial charge < -0.3 is 14.8 Å². The van der Waals surface area contributed by atoms with Crippen molar-refractivity contribution in [3.05, 3.63) is 54.2 Å². The van der Waals surface area contributed by atoms with E-state index in [9.17, 15) is 0 Å². The fraction of sp³-hybridized carbons (Fsp3) is 0.211. The minimum Gasteiger partial charge on any atom is -0.493 e. The van der Waals surface area contributed by atoms with E-state index in [-0.39, 0.29) is 0 Å². The van der Waals surface area contributed by atoms with Crippen LogP contribution in [0.1, 0.15) is 12.5 Å². The Morgan fingerprint density at radius 3 is 2.52 bits per heavy atom. The van der Waals surface area contributed by atoms with Gasteiger partial charge in [0.15, 0.2) is 11.5 Å². The number of methoxy groups -OCH3 is 2. The topological polar surface area (TPSA) is 43.4 Å². The van der Waals surface area contributed by atoms with Gasteiger partial charge in [0.1, 0.15) is 0 Å². The van der Waals surface area contributed by atoms with Gasteiger partial charge in [0.2, 0.25) is 0 Å². The van der Waals surface area contributed by atoms with Crippen LogP contribution < -0.4 is 14.8 Å².